The van der Waals surface area contributed by atoms with Crippen LogP contribution < -0.4 is 19.5 Å². The van der Waals surface area contributed by atoms with E-state index in [1.54, 1.807) is 0 Å². The molecule has 3 aromatic carbocycles. The van der Waals surface area contributed by atoms with E-state index in [2.05, 4.69) is 44.3 Å². The van der Waals surface area contributed by atoms with Crippen molar-refractivity contribution >= 4 is 5.69 Å². The van der Waals surface area contributed by atoms with Crippen LogP contribution in [0.25, 0.3) is 0 Å². The van der Waals surface area contributed by atoms with Crippen molar-refractivity contribution in [2.75, 3.05) is 25.1 Å². The van der Waals surface area contributed by atoms with Crippen molar-refractivity contribution in [1.29, 1.82) is 0 Å². The number of anilines is 1. The highest BCUT2D eigenvalue weighted by molar-refractivity contribution is 5.48. The first-order valence-electron chi connectivity index (χ1n) is 11.6. The van der Waals surface area contributed by atoms with Gasteiger partial charge in [0.15, 0.2) is 0 Å². The number of hydrogen-bond donors (Lipinski definition) is 1. The molecule has 0 aromatic heterocycles. The Morgan fingerprint density at radius 1 is 0.750 bits per heavy atom. The monoisotopic (exact) mass is 433 g/mol. The van der Waals surface area contributed by atoms with Crippen molar-refractivity contribution in [2.45, 2.75) is 45.6 Å². The molecule has 0 radical (unpaired) electrons. The standard InChI is InChI=1S/C28H35NO3/c1-4-22(3)27-16-9-10-17-28(27)32-24(5-2)21-29-23-12-11-15-26(20-23)31-19-18-30-25-13-7-6-8-14-25/h6-17,20,22,24,29H,4-5,18-19,21H2,1-3H3. The maximum Gasteiger partial charge on any atom is 0.123 e. The summed E-state index contributed by atoms with van der Waals surface area (Å²) in [4.78, 5) is 0. The van der Waals surface area contributed by atoms with Gasteiger partial charge in [0.25, 0.3) is 0 Å². The minimum Gasteiger partial charge on any atom is -0.490 e. The Bertz CT molecular complexity index is 929. The van der Waals surface area contributed by atoms with Crippen LogP contribution in [0.1, 0.15) is 45.1 Å². The number of para-hydroxylation sites is 2. The van der Waals surface area contributed by atoms with E-state index in [4.69, 9.17) is 14.2 Å². The van der Waals surface area contributed by atoms with E-state index in [-0.39, 0.29) is 6.10 Å². The molecule has 0 aliphatic carbocycles. The predicted octanol–water partition coefficient (Wildman–Crippen LogP) is 6.93. The number of ether oxygens (including phenoxy) is 3. The number of nitrogens with one attached hydrogen (secondary N) is 1. The second-order valence-corrected chi connectivity index (χ2v) is 7.91. The lowest BCUT2D eigenvalue weighted by atomic mass is 9.98. The lowest BCUT2D eigenvalue weighted by molar-refractivity contribution is 0.207. The Hall–Kier alpha value is -3.14. The largest absolute Gasteiger partial charge is 0.490 e. The molecule has 2 atom stereocenters. The van der Waals surface area contributed by atoms with Gasteiger partial charge in [-0.05, 0) is 54.7 Å². The normalized spacial score (nSPS) is 12.6. The van der Waals surface area contributed by atoms with Gasteiger partial charge in [0.05, 0.1) is 6.54 Å². The van der Waals surface area contributed by atoms with Crippen LogP contribution in [-0.2, 0) is 0 Å². The Morgan fingerprint density at radius 2 is 1.44 bits per heavy atom. The van der Waals surface area contributed by atoms with Crippen LogP contribution in [0.2, 0.25) is 0 Å². The summed E-state index contributed by atoms with van der Waals surface area (Å²) < 4.78 is 17.9. The molecular formula is C28H35NO3. The van der Waals surface area contributed by atoms with Crippen LogP contribution in [0.4, 0.5) is 5.69 Å². The van der Waals surface area contributed by atoms with Gasteiger partial charge in [0.2, 0.25) is 0 Å². The SMILES string of the molecule is CCC(CNc1cccc(OCCOc2ccccc2)c1)Oc1ccccc1C(C)CC. The zero-order valence-electron chi connectivity index (χ0n) is 19.4. The van der Waals surface area contributed by atoms with Crippen LogP contribution in [0, 0.1) is 0 Å². The second-order valence-electron chi connectivity index (χ2n) is 7.91. The van der Waals surface area contributed by atoms with Crippen LogP contribution in [-0.4, -0.2) is 25.9 Å². The average Bonchev–Trinajstić information content (AvgIpc) is 2.85. The lowest BCUT2D eigenvalue weighted by Crippen LogP contribution is -2.26. The summed E-state index contributed by atoms with van der Waals surface area (Å²) >= 11 is 0. The summed E-state index contributed by atoms with van der Waals surface area (Å²) in [7, 11) is 0. The van der Waals surface area contributed by atoms with Gasteiger partial charge in [-0.1, -0.05) is 63.2 Å². The minimum absolute atomic E-state index is 0.0871. The molecule has 0 aliphatic rings. The van der Waals surface area contributed by atoms with Gasteiger partial charge in [0.1, 0.15) is 36.6 Å². The molecule has 0 saturated heterocycles. The lowest BCUT2D eigenvalue weighted by Gasteiger charge is -2.22. The van der Waals surface area contributed by atoms with Crippen LogP contribution >= 0.6 is 0 Å². The van der Waals surface area contributed by atoms with Gasteiger partial charge in [-0.25, -0.2) is 0 Å². The third-order valence-corrected chi connectivity index (χ3v) is 5.54. The zero-order chi connectivity index (χ0) is 22.6. The highest BCUT2D eigenvalue weighted by Gasteiger charge is 2.14. The highest BCUT2D eigenvalue weighted by atomic mass is 16.5. The van der Waals surface area contributed by atoms with E-state index < -0.39 is 0 Å². The molecule has 0 bridgehead atoms. The summed E-state index contributed by atoms with van der Waals surface area (Å²) in [5, 5.41) is 3.50. The third-order valence-electron chi connectivity index (χ3n) is 5.54. The van der Waals surface area contributed by atoms with Gasteiger partial charge in [-0.15, -0.1) is 0 Å². The topological polar surface area (TPSA) is 39.7 Å². The van der Waals surface area contributed by atoms with Crippen LogP contribution in [0.5, 0.6) is 17.2 Å². The summed E-state index contributed by atoms with van der Waals surface area (Å²) in [6, 6.07) is 26.2. The fourth-order valence-electron chi connectivity index (χ4n) is 3.43. The maximum absolute atomic E-state index is 6.38. The summed E-state index contributed by atoms with van der Waals surface area (Å²) in [6.07, 6.45) is 2.11. The molecular weight excluding hydrogens is 398 g/mol. The molecule has 2 unspecified atom stereocenters. The number of benzene rings is 3. The first kappa shape index (κ1) is 23.5. The highest BCUT2D eigenvalue weighted by Crippen LogP contribution is 2.29. The molecule has 32 heavy (non-hydrogen) atoms. The Morgan fingerprint density at radius 3 is 2.19 bits per heavy atom. The van der Waals surface area contributed by atoms with Crippen molar-refractivity contribution < 1.29 is 14.2 Å². The van der Waals surface area contributed by atoms with Crippen molar-refractivity contribution in [3.63, 3.8) is 0 Å². The Balaban J connectivity index is 1.49. The van der Waals surface area contributed by atoms with E-state index in [0.29, 0.717) is 19.1 Å². The van der Waals surface area contributed by atoms with Crippen LogP contribution in [0.15, 0.2) is 78.9 Å². The van der Waals surface area contributed by atoms with Crippen molar-refractivity contribution in [2.24, 2.45) is 0 Å². The molecule has 1 N–H and O–H groups in total. The molecule has 0 fully saturated rings. The summed E-state index contributed by atoms with van der Waals surface area (Å²) in [5.41, 5.74) is 2.30. The molecule has 4 heteroatoms. The molecule has 3 rings (SSSR count). The average molecular weight is 434 g/mol. The Labute approximate surface area is 192 Å². The van der Waals surface area contributed by atoms with Gasteiger partial charge >= 0.3 is 0 Å². The van der Waals surface area contributed by atoms with E-state index in [0.717, 1.165) is 42.3 Å². The number of hydrogen-bond acceptors (Lipinski definition) is 4. The molecule has 0 saturated carbocycles. The van der Waals surface area contributed by atoms with E-state index in [1.165, 1.54) is 5.56 Å². The number of rotatable bonds is 13. The predicted molar refractivity (Wildman–Crippen MR) is 132 cm³/mol. The molecule has 0 amide bonds. The van der Waals surface area contributed by atoms with Gasteiger partial charge in [0, 0.05) is 11.8 Å². The maximum atomic E-state index is 6.38. The van der Waals surface area contributed by atoms with Gasteiger partial charge < -0.3 is 19.5 Å². The first-order chi connectivity index (χ1) is 15.7. The molecule has 0 heterocycles. The van der Waals surface area contributed by atoms with Crippen molar-refractivity contribution in [3.8, 4) is 17.2 Å². The fraction of sp³-hybridized carbons (Fsp3) is 0.357. The smallest absolute Gasteiger partial charge is 0.123 e. The molecule has 0 aliphatic heterocycles. The Kier molecular flexibility index (Phi) is 9.30. The zero-order valence-corrected chi connectivity index (χ0v) is 19.4. The minimum atomic E-state index is 0.0871. The van der Waals surface area contributed by atoms with E-state index in [9.17, 15) is 0 Å². The first-order valence-corrected chi connectivity index (χ1v) is 11.6. The molecule has 170 valence electrons. The van der Waals surface area contributed by atoms with E-state index in [1.807, 2.05) is 60.7 Å². The molecule has 3 aromatic rings. The third kappa shape index (κ3) is 7.23. The van der Waals surface area contributed by atoms with Crippen molar-refractivity contribution in [1.82, 2.24) is 0 Å². The van der Waals surface area contributed by atoms with Gasteiger partial charge in [-0.3, -0.25) is 0 Å². The summed E-state index contributed by atoms with van der Waals surface area (Å²) in [5.74, 6) is 3.15. The summed E-state index contributed by atoms with van der Waals surface area (Å²) in [6.45, 7) is 8.34. The van der Waals surface area contributed by atoms with Crippen LogP contribution in [0.3, 0.4) is 0 Å². The molecule has 4 nitrogen and oxygen atoms in total. The van der Waals surface area contributed by atoms with Gasteiger partial charge in [-0.2, -0.15) is 0 Å². The van der Waals surface area contributed by atoms with E-state index >= 15 is 0 Å². The van der Waals surface area contributed by atoms with Crippen molar-refractivity contribution in [3.05, 3.63) is 84.4 Å². The fourth-order valence-corrected chi connectivity index (χ4v) is 3.43. The quantitative estimate of drug-likeness (QED) is 0.297. The second kappa shape index (κ2) is 12.7. The molecule has 0 spiro atoms.